The van der Waals surface area contributed by atoms with Gasteiger partial charge in [0.2, 0.25) is 0 Å². The maximum Gasteiger partial charge on any atom is 0.0375 e. The summed E-state index contributed by atoms with van der Waals surface area (Å²) in [6.07, 6.45) is 3.67. The van der Waals surface area contributed by atoms with Crippen molar-refractivity contribution in [3.05, 3.63) is 29.6 Å². The Labute approximate surface area is 101 Å². The second kappa shape index (κ2) is 5.09. The monoisotopic (exact) mass is 239 g/mol. The Bertz CT molecular complexity index is 382. The molecule has 0 saturated heterocycles. The molecule has 1 aromatic rings. The Balaban J connectivity index is 2.78. The molecule has 0 spiro atoms. The average Bonchev–Trinajstić information content (AvgIpc) is 2.16. The summed E-state index contributed by atoms with van der Waals surface area (Å²) in [4.78, 5) is 4.08. The van der Waals surface area contributed by atoms with Gasteiger partial charge in [-0.05, 0) is 50.8 Å². The predicted octanol–water partition coefficient (Wildman–Crippen LogP) is 3.04. The zero-order valence-corrected chi connectivity index (χ0v) is 11.6. The van der Waals surface area contributed by atoms with Gasteiger partial charge in [0, 0.05) is 33.7 Å². The van der Waals surface area contributed by atoms with Gasteiger partial charge >= 0.3 is 0 Å². The Hall–Kier alpha value is -0.700. The Morgan fingerprint density at radius 2 is 2.06 bits per heavy atom. The van der Waals surface area contributed by atoms with Crippen LogP contribution in [0.25, 0.3) is 0 Å². The van der Waals surface area contributed by atoms with E-state index in [-0.39, 0.29) is 4.75 Å². The molecule has 0 N–H and O–H groups in total. The number of hydrogen-bond donors (Lipinski definition) is 0. The van der Waals surface area contributed by atoms with Crippen LogP contribution >= 0.6 is 0 Å². The number of rotatable bonds is 3. The molecule has 0 amide bonds. The maximum atomic E-state index is 12.1. The number of aryl methyl sites for hydroxylation is 1. The fourth-order valence-corrected chi connectivity index (χ4v) is 2.74. The van der Waals surface area contributed by atoms with E-state index in [9.17, 15) is 4.21 Å². The van der Waals surface area contributed by atoms with Crippen molar-refractivity contribution in [3.8, 4) is 0 Å². The maximum absolute atomic E-state index is 12.1. The van der Waals surface area contributed by atoms with E-state index in [4.69, 9.17) is 0 Å². The third-order valence-corrected chi connectivity index (χ3v) is 4.85. The summed E-state index contributed by atoms with van der Waals surface area (Å²) >= 11 is 0. The molecule has 1 heterocycles. The topological polar surface area (TPSA) is 30.0 Å². The second-order valence-corrected chi connectivity index (χ2v) is 7.51. The summed E-state index contributed by atoms with van der Waals surface area (Å²) in [7, 11) is -0.797. The van der Waals surface area contributed by atoms with Crippen LogP contribution in [0.1, 0.15) is 44.7 Å². The minimum absolute atomic E-state index is 0.130. The molecule has 0 aliphatic carbocycles. The molecule has 0 bridgehead atoms. The first kappa shape index (κ1) is 13.4. The van der Waals surface area contributed by atoms with E-state index >= 15 is 0 Å². The number of pyridine rings is 1. The first-order valence-electron chi connectivity index (χ1n) is 5.61. The van der Waals surface area contributed by atoms with Crippen LogP contribution in [0.3, 0.4) is 0 Å². The van der Waals surface area contributed by atoms with Crippen LogP contribution in [0, 0.1) is 6.92 Å². The molecule has 16 heavy (non-hydrogen) atoms. The molecule has 0 aromatic carbocycles. The third-order valence-electron chi connectivity index (χ3n) is 2.68. The van der Waals surface area contributed by atoms with E-state index in [2.05, 4.69) is 18.8 Å². The number of hydrogen-bond acceptors (Lipinski definition) is 2. The van der Waals surface area contributed by atoms with Crippen LogP contribution < -0.4 is 0 Å². The quantitative estimate of drug-likeness (QED) is 0.811. The van der Waals surface area contributed by atoms with E-state index in [0.29, 0.717) is 11.7 Å². The van der Waals surface area contributed by atoms with Crippen LogP contribution in [0.2, 0.25) is 0 Å². The van der Waals surface area contributed by atoms with Gasteiger partial charge in [-0.1, -0.05) is 6.92 Å². The largest absolute Gasteiger partial charge is 0.264 e. The SMILES string of the molecule is Cc1cnccc1C(C)C[S@](=O)C(C)(C)C. The summed E-state index contributed by atoms with van der Waals surface area (Å²) in [5.74, 6) is 1.04. The molecule has 90 valence electrons. The van der Waals surface area contributed by atoms with Crippen LogP contribution in [0.4, 0.5) is 0 Å². The van der Waals surface area contributed by atoms with Gasteiger partial charge in [-0.25, -0.2) is 0 Å². The Morgan fingerprint density at radius 3 is 2.56 bits per heavy atom. The van der Waals surface area contributed by atoms with Gasteiger partial charge in [-0.2, -0.15) is 0 Å². The number of nitrogens with zero attached hydrogens (tertiary/aromatic N) is 1. The molecule has 0 radical (unpaired) electrons. The first-order chi connectivity index (χ1) is 7.32. The molecular formula is C13H21NOS. The lowest BCUT2D eigenvalue weighted by Gasteiger charge is -2.21. The summed E-state index contributed by atoms with van der Waals surface area (Å²) in [6, 6.07) is 2.03. The van der Waals surface area contributed by atoms with E-state index < -0.39 is 10.8 Å². The van der Waals surface area contributed by atoms with Crippen molar-refractivity contribution in [3.63, 3.8) is 0 Å². The average molecular weight is 239 g/mol. The third kappa shape index (κ3) is 3.41. The normalized spacial score (nSPS) is 15.8. The summed E-state index contributed by atoms with van der Waals surface area (Å²) < 4.78 is 11.9. The van der Waals surface area contributed by atoms with Crippen molar-refractivity contribution in [2.24, 2.45) is 0 Å². The van der Waals surface area contributed by atoms with Gasteiger partial charge in [0.1, 0.15) is 0 Å². The minimum atomic E-state index is -0.797. The van der Waals surface area contributed by atoms with Gasteiger partial charge in [-0.3, -0.25) is 9.19 Å². The van der Waals surface area contributed by atoms with Crippen molar-refractivity contribution >= 4 is 10.8 Å². The molecule has 0 fully saturated rings. The Kier molecular flexibility index (Phi) is 4.25. The molecule has 0 aliphatic heterocycles. The lowest BCUT2D eigenvalue weighted by atomic mass is 10.0. The van der Waals surface area contributed by atoms with Crippen molar-refractivity contribution < 1.29 is 4.21 Å². The van der Waals surface area contributed by atoms with Gasteiger partial charge in [0.05, 0.1) is 0 Å². The first-order valence-corrected chi connectivity index (χ1v) is 6.93. The minimum Gasteiger partial charge on any atom is -0.264 e. The van der Waals surface area contributed by atoms with Crippen LogP contribution in [0.5, 0.6) is 0 Å². The van der Waals surface area contributed by atoms with Crippen molar-refractivity contribution in [2.45, 2.75) is 45.3 Å². The van der Waals surface area contributed by atoms with E-state index in [0.717, 1.165) is 0 Å². The molecule has 2 atom stereocenters. The highest BCUT2D eigenvalue weighted by molar-refractivity contribution is 7.86. The van der Waals surface area contributed by atoms with E-state index in [1.807, 2.05) is 33.0 Å². The molecule has 1 rings (SSSR count). The second-order valence-electron chi connectivity index (χ2n) is 5.26. The molecule has 1 unspecified atom stereocenters. The van der Waals surface area contributed by atoms with Gasteiger partial charge < -0.3 is 0 Å². The predicted molar refractivity (Wildman–Crippen MR) is 70.2 cm³/mol. The van der Waals surface area contributed by atoms with E-state index in [1.165, 1.54) is 11.1 Å². The van der Waals surface area contributed by atoms with Crippen LogP contribution in [0.15, 0.2) is 18.5 Å². The van der Waals surface area contributed by atoms with Crippen molar-refractivity contribution in [1.29, 1.82) is 0 Å². The molecule has 0 aliphatic rings. The lowest BCUT2D eigenvalue weighted by Crippen LogP contribution is -2.26. The standard InChI is InChI=1S/C13H21NOS/c1-10-8-14-7-6-12(10)11(2)9-16(15)13(3,4)5/h6-8,11H,9H2,1-5H3/t11?,16-/m0/s1. The van der Waals surface area contributed by atoms with Crippen molar-refractivity contribution in [2.75, 3.05) is 5.75 Å². The highest BCUT2D eigenvalue weighted by Crippen LogP contribution is 2.23. The van der Waals surface area contributed by atoms with E-state index in [1.54, 1.807) is 6.20 Å². The zero-order valence-electron chi connectivity index (χ0n) is 10.8. The zero-order chi connectivity index (χ0) is 12.3. The van der Waals surface area contributed by atoms with Gasteiger partial charge in [0.25, 0.3) is 0 Å². The summed E-state index contributed by atoms with van der Waals surface area (Å²) in [5.41, 5.74) is 2.44. The summed E-state index contributed by atoms with van der Waals surface area (Å²) in [6.45, 7) is 10.3. The van der Waals surface area contributed by atoms with Crippen LogP contribution in [-0.2, 0) is 10.8 Å². The lowest BCUT2D eigenvalue weighted by molar-refractivity contribution is 0.642. The molecule has 3 heteroatoms. The van der Waals surface area contributed by atoms with Gasteiger partial charge in [0.15, 0.2) is 0 Å². The Morgan fingerprint density at radius 1 is 1.44 bits per heavy atom. The van der Waals surface area contributed by atoms with Gasteiger partial charge in [-0.15, -0.1) is 0 Å². The number of aromatic nitrogens is 1. The fourth-order valence-electron chi connectivity index (χ4n) is 1.60. The fraction of sp³-hybridized carbons (Fsp3) is 0.615. The highest BCUT2D eigenvalue weighted by atomic mass is 32.2. The molecule has 0 saturated carbocycles. The van der Waals surface area contributed by atoms with Crippen LogP contribution in [-0.4, -0.2) is 19.7 Å². The van der Waals surface area contributed by atoms with Crippen molar-refractivity contribution in [1.82, 2.24) is 4.98 Å². The molecular weight excluding hydrogens is 218 g/mol. The molecule has 2 nitrogen and oxygen atoms in total. The molecule has 1 aromatic heterocycles. The smallest absolute Gasteiger partial charge is 0.0375 e. The summed E-state index contributed by atoms with van der Waals surface area (Å²) in [5, 5.41) is 0. The highest BCUT2D eigenvalue weighted by Gasteiger charge is 2.22.